The van der Waals surface area contributed by atoms with Crippen molar-refractivity contribution < 1.29 is 17.9 Å². The summed E-state index contributed by atoms with van der Waals surface area (Å²) >= 11 is 3.02. The van der Waals surface area contributed by atoms with Crippen LogP contribution in [0.5, 0.6) is 0 Å². The number of aryl methyl sites for hydroxylation is 2. The van der Waals surface area contributed by atoms with E-state index in [1.54, 1.807) is 14.0 Å². The molecule has 0 unspecified atom stereocenters. The molecule has 1 aromatic carbocycles. The third-order valence-electron chi connectivity index (χ3n) is 3.07. The molecule has 0 aliphatic carbocycles. The lowest BCUT2D eigenvalue weighted by atomic mass is 10.2. The first-order chi connectivity index (χ1) is 9.74. The Morgan fingerprint density at radius 1 is 1.38 bits per heavy atom. The van der Waals surface area contributed by atoms with Crippen molar-refractivity contribution in [3.63, 3.8) is 0 Å². The van der Waals surface area contributed by atoms with Crippen LogP contribution in [0.3, 0.4) is 0 Å². The smallest absolute Gasteiger partial charge is 0.263 e. The largest absolute Gasteiger partial charge is 0.390 e. The molecule has 0 amide bonds. The fraction of sp³-hybridized carbons (Fsp3) is 0.231. The van der Waals surface area contributed by atoms with E-state index in [2.05, 4.69) is 20.7 Å². The molecule has 0 saturated carbocycles. The molecule has 0 saturated heterocycles. The van der Waals surface area contributed by atoms with Gasteiger partial charge in [-0.3, -0.25) is 4.72 Å². The molecule has 8 heteroatoms. The summed E-state index contributed by atoms with van der Waals surface area (Å²) in [6.07, 6.45) is 1.40. The molecule has 2 N–H and O–H groups in total. The van der Waals surface area contributed by atoms with Gasteiger partial charge in [-0.1, -0.05) is 0 Å². The SMILES string of the molecule is Cc1cc(F)c(Br)cc1NS(=O)(=O)c1cc(CO)n(C)c1. The Morgan fingerprint density at radius 2 is 2.05 bits per heavy atom. The van der Waals surface area contributed by atoms with Gasteiger partial charge in [0.2, 0.25) is 0 Å². The zero-order valence-corrected chi connectivity index (χ0v) is 13.8. The van der Waals surface area contributed by atoms with Crippen molar-refractivity contribution in [3.8, 4) is 0 Å². The number of sulfonamides is 1. The lowest BCUT2D eigenvalue weighted by Crippen LogP contribution is -2.13. The number of halogens is 2. The first-order valence-corrected chi connectivity index (χ1v) is 8.27. The van der Waals surface area contributed by atoms with Crippen LogP contribution in [-0.4, -0.2) is 18.1 Å². The van der Waals surface area contributed by atoms with E-state index < -0.39 is 15.8 Å². The average Bonchev–Trinajstić information content (AvgIpc) is 2.78. The molecule has 0 spiro atoms. The van der Waals surface area contributed by atoms with Gasteiger partial charge < -0.3 is 9.67 Å². The van der Waals surface area contributed by atoms with E-state index >= 15 is 0 Å². The fourth-order valence-electron chi connectivity index (χ4n) is 1.84. The summed E-state index contributed by atoms with van der Waals surface area (Å²) < 4.78 is 42.1. The van der Waals surface area contributed by atoms with Gasteiger partial charge in [-0.15, -0.1) is 0 Å². The van der Waals surface area contributed by atoms with E-state index in [0.717, 1.165) is 0 Å². The Bertz CT molecular complexity index is 787. The van der Waals surface area contributed by atoms with Gasteiger partial charge >= 0.3 is 0 Å². The minimum absolute atomic E-state index is 0.0360. The van der Waals surface area contributed by atoms with Gasteiger partial charge in [0.1, 0.15) is 10.7 Å². The van der Waals surface area contributed by atoms with Gasteiger partial charge in [0.25, 0.3) is 10.0 Å². The standard InChI is InChI=1S/C13H14BrFN2O3S/c1-8-3-12(15)11(14)5-13(8)16-21(19,20)10-4-9(7-18)17(2)6-10/h3-6,16,18H,7H2,1-2H3. The molecule has 2 rings (SSSR count). The zero-order valence-electron chi connectivity index (χ0n) is 11.4. The van der Waals surface area contributed by atoms with Crippen molar-refractivity contribution in [2.45, 2.75) is 18.4 Å². The van der Waals surface area contributed by atoms with Crippen molar-refractivity contribution in [3.05, 3.63) is 45.9 Å². The van der Waals surface area contributed by atoms with Crippen LogP contribution in [0.4, 0.5) is 10.1 Å². The second kappa shape index (κ2) is 5.78. The molecule has 1 heterocycles. The van der Waals surface area contributed by atoms with Crippen LogP contribution in [0.25, 0.3) is 0 Å². The minimum Gasteiger partial charge on any atom is -0.390 e. The predicted molar refractivity (Wildman–Crippen MR) is 81.0 cm³/mol. The van der Waals surface area contributed by atoms with Crippen molar-refractivity contribution in [2.24, 2.45) is 7.05 Å². The number of anilines is 1. The third-order valence-corrected chi connectivity index (χ3v) is 5.01. The maximum Gasteiger partial charge on any atom is 0.263 e. The summed E-state index contributed by atoms with van der Waals surface area (Å²) in [4.78, 5) is 0.0360. The lowest BCUT2D eigenvalue weighted by molar-refractivity contribution is 0.272. The monoisotopic (exact) mass is 376 g/mol. The van der Waals surface area contributed by atoms with Crippen LogP contribution in [0, 0.1) is 12.7 Å². The Morgan fingerprint density at radius 3 is 2.62 bits per heavy atom. The van der Waals surface area contributed by atoms with Gasteiger partial charge in [-0.25, -0.2) is 12.8 Å². The van der Waals surface area contributed by atoms with Crippen molar-refractivity contribution >= 4 is 31.6 Å². The van der Waals surface area contributed by atoms with Crippen LogP contribution in [0.2, 0.25) is 0 Å². The number of benzene rings is 1. The van der Waals surface area contributed by atoms with Gasteiger partial charge in [-0.2, -0.15) is 0 Å². The fourth-order valence-corrected chi connectivity index (χ4v) is 3.40. The number of nitrogens with one attached hydrogen (secondary N) is 1. The Labute approximate surface area is 130 Å². The number of hydrogen-bond donors (Lipinski definition) is 2. The number of rotatable bonds is 4. The number of hydrogen-bond acceptors (Lipinski definition) is 3. The maximum atomic E-state index is 13.4. The Hall–Kier alpha value is -1.38. The van der Waals surface area contributed by atoms with E-state index in [0.29, 0.717) is 11.3 Å². The highest BCUT2D eigenvalue weighted by molar-refractivity contribution is 9.10. The zero-order chi connectivity index (χ0) is 15.8. The molecular weight excluding hydrogens is 363 g/mol. The van der Waals surface area contributed by atoms with Crippen LogP contribution in [0.1, 0.15) is 11.3 Å². The molecule has 5 nitrogen and oxygen atoms in total. The normalized spacial score (nSPS) is 11.7. The van der Waals surface area contributed by atoms with Gasteiger partial charge in [0, 0.05) is 18.9 Å². The highest BCUT2D eigenvalue weighted by Gasteiger charge is 2.19. The second-order valence-electron chi connectivity index (χ2n) is 4.62. The number of nitrogens with zero attached hydrogens (tertiary/aromatic N) is 1. The first kappa shape index (κ1) is 16.0. The van der Waals surface area contributed by atoms with Crippen LogP contribution in [0.15, 0.2) is 33.8 Å². The summed E-state index contributed by atoms with van der Waals surface area (Å²) in [5.41, 5.74) is 1.24. The molecule has 0 radical (unpaired) electrons. The number of aromatic nitrogens is 1. The number of aliphatic hydroxyl groups excluding tert-OH is 1. The van der Waals surface area contributed by atoms with Crippen LogP contribution in [-0.2, 0) is 23.7 Å². The second-order valence-corrected chi connectivity index (χ2v) is 7.16. The van der Waals surface area contributed by atoms with E-state index in [-0.39, 0.29) is 21.7 Å². The van der Waals surface area contributed by atoms with Crippen molar-refractivity contribution in [2.75, 3.05) is 4.72 Å². The summed E-state index contributed by atoms with van der Waals surface area (Å²) in [5.74, 6) is -0.460. The maximum absolute atomic E-state index is 13.4. The third kappa shape index (κ3) is 3.28. The number of aliphatic hydroxyl groups is 1. The van der Waals surface area contributed by atoms with Crippen molar-refractivity contribution in [1.29, 1.82) is 0 Å². The predicted octanol–water partition coefficient (Wildman–Crippen LogP) is 2.53. The van der Waals surface area contributed by atoms with Gasteiger partial charge in [0.05, 0.1) is 16.8 Å². The van der Waals surface area contributed by atoms with Crippen LogP contribution >= 0.6 is 15.9 Å². The van der Waals surface area contributed by atoms with E-state index in [1.807, 2.05) is 0 Å². The summed E-state index contributed by atoms with van der Waals surface area (Å²) in [7, 11) is -2.16. The Kier molecular flexibility index (Phi) is 4.40. The topological polar surface area (TPSA) is 71.3 Å². The van der Waals surface area contributed by atoms with E-state index in [4.69, 9.17) is 5.11 Å². The molecular formula is C13H14BrFN2O3S. The Balaban J connectivity index is 2.39. The highest BCUT2D eigenvalue weighted by atomic mass is 79.9. The first-order valence-electron chi connectivity index (χ1n) is 5.99. The minimum atomic E-state index is -3.80. The van der Waals surface area contributed by atoms with Gasteiger partial charge in [0.15, 0.2) is 0 Å². The summed E-state index contributed by atoms with van der Waals surface area (Å²) in [6.45, 7) is 1.35. The lowest BCUT2D eigenvalue weighted by Gasteiger charge is -2.10. The summed E-state index contributed by atoms with van der Waals surface area (Å²) in [6, 6.07) is 4.00. The molecule has 0 bridgehead atoms. The van der Waals surface area contributed by atoms with E-state index in [9.17, 15) is 12.8 Å². The van der Waals surface area contributed by atoms with Gasteiger partial charge in [-0.05, 0) is 46.6 Å². The quantitative estimate of drug-likeness (QED) is 0.860. The molecule has 114 valence electrons. The highest BCUT2D eigenvalue weighted by Crippen LogP contribution is 2.26. The molecule has 0 aliphatic rings. The van der Waals surface area contributed by atoms with Crippen LogP contribution < -0.4 is 4.72 Å². The molecule has 2 aromatic rings. The van der Waals surface area contributed by atoms with Crippen molar-refractivity contribution in [1.82, 2.24) is 4.57 Å². The molecule has 21 heavy (non-hydrogen) atoms. The molecule has 0 atom stereocenters. The average molecular weight is 377 g/mol. The summed E-state index contributed by atoms with van der Waals surface area (Å²) in [5, 5.41) is 9.11. The molecule has 0 aliphatic heterocycles. The van der Waals surface area contributed by atoms with E-state index in [1.165, 1.54) is 29.0 Å². The molecule has 1 aromatic heterocycles. The molecule has 0 fully saturated rings.